The van der Waals surface area contributed by atoms with E-state index in [1.54, 1.807) is 4.90 Å². The zero-order chi connectivity index (χ0) is 13.4. The molecule has 0 bridgehead atoms. The molecule has 19 heavy (non-hydrogen) atoms. The van der Waals surface area contributed by atoms with Crippen LogP contribution in [0.5, 0.6) is 0 Å². The van der Waals surface area contributed by atoms with Crippen molar-refractivity contribution < 1.29 is 9.59 Å². The average Bonchev–Trinajstić information content (AvgIpc) is 2.74. The highest BCUT2D eigenvalue weighted by atomic mass is 16.2. The molecule has 2 heterocycles. The molecule has 0 saturated carbocycles. The van der Waals surface area contributed by atoms with Crippen LogP contribution in [-0.4, -0.2) is 23.6 Å². The fourth-order valence-corrected chi connectivity index (χ4v) is 2.64. The number of carbonyl (C=O) groups is 2. The maximum absolute atomic E-state index is 12.5. The Bertz CT molecular complexity index is 580. The molecule has 0 saturated heterocycles. The molecule has 3 rings (SSSR count). The lowest BCUT2D eigenvalue weighted by molar-refractivity contribution is -0.121. The molecule has 0 fully saturated rings. The molecule has 0 unspecified atom stereocenters. The van der Waals surface area contributed by atoms with Gasteiger partial charge < -0.3 is 4.90 Å². The summed E-state index contributed by atoms with van der Waals surface area (Å²) in [5.74, 6) is -0.233. The smallest absolute Gasteiger partial charge is 0.274 e. The van der Waals surface area contributed by atoms with Gasteiger partial charge in [0.1, 0.15) is 5.71 Å². The van der Waals surface area contributed by atoms with E-state index in [9.17, 15) is 9.59 Å². The third kappa shape index (κ3) is 2.01. The van der Waals surface area contributed by atoms with Gasteiger partial charge in [0.15, 0.2) is 0 Å². The van der Waals surface area contributed by atoms with Crippen LogP contribution in [0.15, 0.2) is 29.4 Å². The van der Waals surface area contributed by atoms with Gasteiger partial charge in [-0.05, 0) is 25.0 Å². The molecule has 5 nitrogen and oxygen atoms in total. The molecule has 1 N–H and O–H groups in total. The van der Waals surface area contributed by atoms with Crippen molar-refractivity contribution >= 4 is 23.2 Å². The number of carbonyl (C=O) groups excluding carboxylic acids is 2. The summed E-state index contributed by atoms with van der Waals surface area (Å²) in [7, 11) is 0. The van der Waals surface area contributed by atoms with E-state index in [-0.39, 0.29) is 17.9 Å². The summed E-state index contributed by atoms with van der Waals surface area (Å²) in [6.07, 6.45) is 1.60. The van der Waals surface area contributed by atoms with Gasteiger partial charge in [-0.1, -0.05) is 18.2 Å². The van der Waals surface area contributed by atoms with Crippen LogP contribution >= 0.6 is 0 Å². The normalized spacial score (nSPS) is 21.7. The number of para-hydroxylation sites is 1. The van der Waals surface area contributed by atoms with Gasteiger partial charge in [0.25, 0.3) is 5.91 Å². The third-order valence-corrected chi connectivity index (χ3v) is 3.58. The fourth-order valence-electron chi connectivity index (χ4n) is 2.64. The van der Waals surface area contributed by atoms with Gasteiger partial charge in [-0.15, -0.1) is 0 Å². The van der Waals surface area contributed by atoms with Crippen LogP contribution in [0.25, 0.3) is 0 Å². The van der Waals surface area contributed by atoms with Crippen molar-refractivity contribution in [3.63, 3.8) is 0 Å². The highest BCUT2D eigenvalue weighted by Crippen LogP contribution is 2.32. The SMILES string of the molecule is C[C@H]1Cc2ccccc2N1C(=O)C1=NNC(=O)CC1. The fraction of sp³-hybridized carbons (Fsp3) is 0.357. The Hall–Kier alpha value is -2.17. The van der Waals surface area contributed by atoms with Crippen LogP contribution in [0, 0.1) is 0 Å². The third-order valence-electron chi connectivity index (χ3n) is 3.58. The highest BCUT2D eigenvalue weighted by molar-refractivity contribution is 6.44. The molecule has 2 aliphatic rings. The molecule has 5 heteroatoms. The van der Waals surface area contributed by atoms with Gasteiger partial charge in [-0.25, -0.2) is 5.43 Å². The highest BCUT2D eigenvalue weighted by Gasteiger charge is 2.33. The van der Waals surface area contributed by atoms with E-state index in [0.717, 1.165) is 12.1 Å². The number of anilines is 1. The van der Waals surface area contributed by atoms with Crippen LogP contribution in [0.1, 0.15) is 25.3 Å². The summed E-state index contributed by atoms with van der Waals surface area (Å²) in [5, 5.41) is 3.89. The van der Waals surface area contributed by atoms with Crippen molar-refractivity contribution in [3.05, 3.63) is 29.8 Å². The Morgan fingerprint density at radius 1 is 1.37 bits per heavy atom. The lowest BCUT2D eigenvalue weighted by Gasteiger charge is -2.24. The Morgan fingerprint density at radius 3 is 2.89 bits per heavy atom. The first kappa shape index (κ1) is 11.9. The quantitative estimate of drug-likeness (QED) is 0.822. The molecule has 0 radical (unpaired) electrons. The number of amides is 2. The van der Waals surface area contributed by atoms with E-state index in [1.165, 1.54) is 5.56 Å². The second-order valence-corrected chi connectivity index (χ2v) is 4.95. The van der Waals surface area contributed by atoms with Gasteiger partial charge in [-0.3, -0.25) is 9.59 Å². The van der Waals surface area contributed by atoms with E-state index in [0.29, 0.717) is 18.6 Å². The van der Waals surface area contributed by atoms with Crippen molar-refractivity contribution in [1.82, 2.24) is 5.43 Å². The maximum Gasteiger partial charge on any atom is 0.274 e. The number of benzene rings is 1. The predicted octanol–water partition coefficient (Wildman–Crippen LogP) is 1.23. The molecule has 0 aliphatic carbocycles. The number of nitrogens with zero attached hydrogens (tertiary/aromatic N) is 2. The largest absolute Gasteiger partial charge is 0.304 e. The molecule has 2 aliphatic heterocycles. The Kier molecular flexibility index (Phi) is 2.81. The van der Waals surface area contributed by atoms with E-state index < -0.39 is 0 Å². The zero-order valence-electron chi connectivity index (χ0n) is 10.7. The summed E-state index contributed by atoms with van der Waals surface area (Å²) in [5.41, 5.74) is 4.95. The van der Waals surface area contributed by atoms with Crippen LogP contribution in [-0.2, 0) is 16.0 Å². The lowest BCUT2D eigenvalue weighted by Crippen LogP contribution is -2.43. The first-order valence-corrected chi connectivity index (χ1v) is 6.43. The average molecular weight is 257 g/mol. The van der Waals surface area contributed by atoms with Crippen LogP contribution in [0.4, 0.5) is 5.69 Å². The maximum atomic E-state index is 12.5. The van der Waals surface area contributed by atoms with Gasteiger partial charge in [0.2, 0.25) is 5.91 Å². The molecule has 0 spiro atoms. The summed E-state index contributed by atoms with van der Waals surface area (Å²) in [6.45, 7) is 2.03. The lowest BCUT2D eigenvalue weighted by atomic mass is 10.1. The Balaban J connectivity index is 1.90. The Labute approximate surface area is 111 Å². The second-order valence-electron chi connectivity index (χ2n) is 4.95. The monoisotopic (exact) mass is 257 g/mol. The molecule has 1 aromatic rings. The van der Waals surface area contributed by atoms with E-state index in [1.807, 2.05) is 31.2 Å². The van der Waals surface area contributed by atoms with Crippen LogP contribution < -0.4 is 10.3 Å². The summed E-state index contributed by atoms with van der Waals surface area (Å²) in [6, 6.07) is 8.05. The minimum atomic E-state index is -0.133. The number of hydrogen-bond donors (Lipinski definition) is 1. The van der Waals surface area contributed by atoms with E-state index in [2.05, 4.69) is 10.5 Å². The number of rotatable bonds is 1. The molecule has 1 aromatic carbocycles. The predicted molar refractivity (Wildman–Crippen MR) is 71.9 cm³/mol. The molecule has 2 amide bonds. The van der Waals surface area contributed by atoms with Gasteiger partial charge in [0, 0.05) is 24.6 Å². The van der Waals surface area contributed by atoms with Crippen molar-refractivity contribution in [2.75, 3.05) is 4.90 Å². The minimum absolute atomic E-state index is 0.0996. The molecule has 1 atom stereocenters. The van der Waals surface area contributed by atoms with Crippen molar-refractivity contribution in [3.8, 4) is 0 Å². The standard InChI is InChI=1S/C14H15N3O2/c1-9-8-10-4-2-3-5-12(10)17(9)14(19)11-6-7-13(18)16-15-11/h2-5,9H,6-8H2,1H3,(H,16,18)/t9-/m0/s1. The second kappa shape index (κ2) is 4.50. The van der Waals surface area contributed by atoms with Crippen LogP contribution in [0.3, 0.4) is 0 Å². The van der Waals surface area contributed by atoms with Crippen molar-refractivity contribution in [2.45, 2.75) is 32.2 Å². The molecular weight excluding hydrogens is 242 g/mol. The summed E-state index contributed by atoms with van der Waals surface area (Å²) >= 11 is 0. The molecular formula is C14H15N3O2. The molecule has 98 valence electrons. The van der Waals surface area contributed by atoms with Crippen molar-refractivity contribution in [2.24, 2.45) is 5.10 Å². The topological polar surface area (TPSA) is 61.8 Å². The van der Waals surface area contributed by atoms with Gasteiger partial charge >= 0.3 is 0 Å². The minimum Gasteiger partial charge on any atom is -0.304 e. The first-order valence-electron chi connectivity index (χ1n) is 6.43. The number of fused-ring (bicyclic) bond motifs is 1. The zero-order valence-corrected chi connectivity index (χ0v) is 10.7. The summed E-state index contributed by atoms with van der Waals surface area (Å²) in [4.78, 5) is 25.4. The van der Waals surface area contributed by atoms with Gasteiger partial charge in [-0.2, -0.15) is 5.10 Å². The van der Waals surface area contributed by atoms with Gasteiger partial charge in [0.05, 0.1) is 0 Å². The number of hydrogen-bond acceptors (Lipinski definition) is 3. The van der Waals surface area contributed by atoms with E-state index >= 15 is 0 Å². The Morgan fingerprint density at radius 2 is 2.16 bits per heavy atom. The first-order chi connectivity index (χ1) is 9.16. The summed E-state index contributed by atoms with van der Waals surface area (Å²) < 4.78 is 0. The van der Waals surface area contributed by atoms with Crippen molar-refractivity contribution in [1.29, 1.82) is 0 Å². The molecule has 0 aromatic heterocycles. The number of nitrogens with one attached hydrogen (secondary N) is 1. The number of hydrazone groups is 1. The van der Waals surface area contributed by atoms with Crippen LogP contribution in [0.2, 0.25) is 0 Å². The van der Waals surface area contributed by atoms with E-state index in [4.69, 9.17) is 0 Å².